The molecule has 9 nitrogen and oxygen atoms in total. The van der Waals surface area contributed by atoms with Crippen molar-refractivity contribution in [3.63, 3.8) is 0 Å². The maximum absolute atomic E-state index is 13.2. The van der Waals surface area contributed by atoms with E-state index in [9.17, 15) is 18.0 Å². The maximum Gasteiger partial charge on any atom is 0.270 e. The molecule has 2 N–H and O–H groups in total. The Morgan fingerprint density at radius 2 is 1.81 bits per heavy atom. The average Bonchev–Trinajstić information content (AvgIpc) is 3.33. The number of aromatic amines is 1. The molecule has 12 heteroatoms. The summed E-state index contributed by atoms with van der Waals surface area (Å²) in [6, 6.07) is -0.0320. The first-order valence-corrected chi connectivity index (χ1v) is 14.9. The van der Waals surface area contributed by atoms with Crippen LogP contribution in [0.2, 0.25) is 0 Å². The summed E-state index contributed by atoms with van der Waals surface area (Å²) in [6.45, 7) is 3.83. The monoisotopic (exact) mass is 497 g/mol. The molecule has 3 aliphatic rings. The lowest BCUT2D eigenvalue weighted by Gasteiger charge is -2.24. The Morgan fingerprint density at radius 1 is 1.06 bits per heavy atom. The largest absolute Gasteiger partial charge is 0.310 e. The quantitative estimate of drug-likeness (QED) is 0.667. The van der Waals surface area contributed by atoms with E-state index in [4.69, 9.17) is 5.10 Å². The number of amides is 1. The molecule has 32 heavy (non-hydrogen) atoms. The number of sulfone groups is 1. The Kier molecular flexibility index (Phi) is 5.73. The first kappa shape index (κ1) is 22.1. The molecule has 0 aliphatic carbocycles. The van der Waals surface area contributed by atoms with Gasteiger partial charge in [0.15, 0.2) is 9.84 Å². The summed E-state index contributed by atoms with van der Waals surface area (Å²) in [5.74, 6) is 3.01. The number of nitrogens with one attached hydrogen (secondary N) is 2. The minimum Gasteiger partial charge on any atom is -0.310 e. The molecule has 174 valence electrons. The number of aromatic nitrogens is 4. The second-order valence-corrected chi connectivity index (χ2v) is 13.3. The molecule has 2 fully saturated rings. The molecular weight excluding hydrogens is 470 g/mol. The Hall–Kier alpha value is -1.66. The molecule has 2 atom stereocenters. The molecular formula is C20H27N5O4S3. The molecule has 2 saturated heterocycles. The highest BCUT2D eigenvalue weighted by Gasteiger charge is 2.37. The number of hydrogen-bond acceptors (Lipinski definition) is 7. The van der Waals surface area contributed by atoms with Crippen LogP contribution in [-0.4, -0.2) is 62.7 Å². The highest BCUT2D eigenvalue weighted by atomic mass is 32.2. The zero-order valence-corrected chi connectivity index (χ0v) is 20.5. The van der Waals surface area contributed by atoms with Gasteiger partial charge in [-0.15, -0.1) is 11.8 Å². The smallest absolute Gasteiger partial charge is 0.270 e. The third kappa shape index (κ3) is 3.83. The molecule has 3 aliphatic heterocycles. The third-order valence-corrected chi connectivity index (χ3v) is 10.6. The highest BCUT2D eigenvalue weighted by Crippen LogP contribution is 2.44. The molecule has 5 heterocycles. The van der Waals surface area contributed by atoms with Crippen LogP contribution in [0.1, 0.15) is 59.1 Å². The van der Waals surface area contributed by atoms with Gasteiger partial charge in [0.1, 0.15) is 5.82 Å². The van der Waals surface area contributed by atoms with Gasteiger partial charge in [-0.3, -0.25) is 24.1 Å². The molecule has 0 bridgehead atoms. The summed E-state index contributed by atoms with van der Waals surface area (Å²) >= 11 is 3.33. The van der Waals surface area contributed by atoms with Crippen LogP contribution in [0.15, 0.2) is 4.79 Å². The van der Waals surface area contributed by atoms with Crippen LogP contribution < -0.4 is 10.9 Å². The van der Waals surface area contributed by atoms with Crippen LogP contribution in [0.4, 0.5) is 5.82 Å². The van der Waals surface area contributed by atoms with Crippen molar-refractivity contribution < 1.29 is 13.2 Å². The van der Waals surface area contributed by atoms with Crippen molar-refractivity contribution in [1.29, 1.82) is 0 Å². The van der Waals surface area contributed by atoms with E-state index in [0.717, 1.165) is 41.3 Å². The van der Waals surface area contributed by atoms with Crippen molar-refractivity contribution >= 4 is 45.1 Å². The number of carbonyl (C=O) groups is 1. The lowest BCUT2D eigenvalue weighted by Crippen LogP contribution is -2.22. The maximum atomic E-state index is 13.2. The van der Waals surface area contributed by atoms with Crippen molar-refractivity contribution in [2.24, 2.45) is 0 Å². The fraction of sp³-hybridized carbons (Fsp3) is 0.650. The van der Waals surface area contributed by atoms with E-state index >= 15 is 0 Å². The number of H-pyrrole nitrogens is 1. The van der Waals surface area contributed by atoms with E-state index in [2.05, 4.69) is 10.4 Å². The van der Waals surface area contributed by atoms with Gasteiger partial charge in [-0.05, 0) is 44.6 Å². The first-order valence-electron chi connectivity index (χ1n) is 10.8. The number of carbonyl (C=O) groups excluding carboxylic acids is 1. The predicted octanol–water partition coefficient (Wildman–Crippen LogP) is 2.19. The van der Waals surface area contributed by atoms with Crippen molar-refractivity contribution in [2.45, 2.75) is 50.4 Å². The minimum absolute atomic E-state index is 0.0914. The summed E-state index contributed by atoms with van der Waals surface area (Å²) < 4.78 is 27.7. The summed E-state index contributed by atoms with van der Waals surface area (Å²) in [4.78, 5) is 25.8. The molecule has 5 rings (SSSR count). The first-order chi connectivity index (χ1) is 15.2. The number of hydrogen-bond donors (Lipinski definition) is 2. The lowest BCUT2D eigenvalue weighted by atomic mass is 10.0. The fourth-order valence-corrected chi connectivity index (χ4v) is 9.12. The molecule has 2 aromatic heterocycles. The standard InChI is InChI=1S/C20H27N5O4S3/c1-11-16(12(2)24(22-11)14-5-8-32(28,29)10-14)18-17-19(21-15(26)9-31-18)25(23-20(17)27)13-3-6-30-7-4-13/h13-14,18H,3-10H2,1-2H3,(H,21,26)(H,23,27)/t14-,18-/m0/s1. The summed E-state index contributed by atoms with van der Waals surface area (Å²) in [5.41, 5.74) is 2.91. The van der Waals surface area contributed by atoms with Crippen LogP contribution >= 0.6 is 23.5 Å². The van der Waals surface area contributed by atoms with Gasteiger partial charge in [-0.1, -0.05) is 0 Å². The molecule has 0 spiro atoms. The Labute approximate surface area is 195 Å². The zero-order chi connectivity index (χ0) is 22.6. The average molecular weight is 498 g/mol. The van der Waals surface area contributed by atoms with Crippen LogP contribution in [0.25, 0.3) is 0 Å². The predicted molar refractivity (Wildman–Crippen MR) is 128 cm³/mol. The van der Waals surface area contributed by atoms with E-state index in [1.807, 2.05) is 35.0 Å². The molecule has 0 aromatic carbocycles. The van der Waals surface area contributed by atoms with Crippen LogP contribution in [0, 0.1) is 13.8 Å². The van der Waals surface area contributed by atoms with Gasteiger partial charge >= 0.3 is 0 Å². The normalized spacial score (nSPS) is 26.0. The van der Waals surface area contributed by atoms with Gasteiger partial charge in [-0.25, -0.2) is 8.42 Å². The second kappa shape index (κ2) is 8.28. The molecule has 2 aromatic rings. The Bertz CT molecular complexity index is 1220. The number of nitrogens with zero attached hydrogens (tertiary/aromatic N) is 3. The minimum atomic E-state index is -3.05. The topological polar surface area (TPSA) is 119 Å². The van der Waals surface area contributed by atoms with Gasteiger partial charge in [0.05, 0.1) is 45.8 Å². The van der Waals surface area contributed by atoms with E-state index in [1.165, 1.54) is 11.8 Å². The SMILES string of the molecule is Cc1nn([C@H]2CCS(=O)(=O)C2)c(C)c1[C@@H]1SCC(=O)Nc2c1c(=O)[nH]n2C1CCSCC1. The van der Waals surface area contributed by atoms with Crippen molar-refractivity contribution in [2.75, 3.05) is 34.1 Å². The molecule has 1 amide bonds. The van der Waals surface area contributed by atoms with E-state index in [-0.39, 0.29) is 46.1 Å². The molecule has 0 unspecified atom stereocenters. The van der Waals surface area contributed by atoms with Gasteiger partial charge < -0.3 is 5.32 Å². The van der Waals surface area contributed by atoms with Crippen molar-refractivity contribution in [3.8, 4) is 0 Å². The summed E-state index contributed by atoms with van der Waals surface area (Å²) in [5, 5.41) is 10.3. The summed E-state index contributed by atoms with van der Waals surface area (Å²) in [7, 11) is -3.05. The highest BCUT2D eigenvalue weighted by molar-refractivity contribution is 8.00. The van der Waals surface area contributed by atoms with Gasteiger partial charge in [0, 0.05) is 11.3 Å². The van der Waals surface area contributed by atoms with E-state index in [0.29, 0.717) is 17.8 Å². The number of thioether (sulfide) groups is 2. The Balaban J connectivity index is 1.59. The summed E-state index contributed by atoms with van der Waals surface area (Å²) in [6.07, 6.45) is 2.44. The fourth-order valence-electron chi connectivity index (χ4n) is 5.07. The van der Waals surface area contributed by atoms with Gasteiger partial charge in [-0.2, -0.15) is 16.9 Å². The third-order valence-electron chi connectivity index (χ3n) is 6.62. The number of fused-ring (bicyclic) bond motifs is 1. The van der Waals surface area contributed by atoms with Crippen molar-refractivity contribution in [1.82, 2.24) is 19.6 Å². The number of aryl methyl sites for hydroxylation is 1. The van der Waals surface area contributed by atoms with Crippen molar-refractivity contribution in [3.05, 3.63) is 32.9 Å². The van der Waals surface area contributed by atoms with E-state index < -0.39 is 9.84 Å². The Morgan fingerprint density at radius 3 is 2.50 bits per heavy atom. The van der Waals surface area contributed by atoms with Gasteiger partial charge in [0.2, 0.25) is 5.91 Å². The second-order valence-electron chi connectivity index (χ2n) is 8.74. The van der Waals surface area contributed by atoms with E-state index in [1.54, 1.807) is 0 Å². The molecule has 0 radical (unpaired) electrons. The number of rotatable bonds is 3. The lowest BCUT2D eigenvalue weighted by molar-refractivity contribution is -0.113. The number of anilines is 1. The van der Waals surface area contributed by atoms with Crippen LogP contribution in [-0.2, 0) is 14.6 Å². The zero-order valence-electron chi connectivity index (χ0n) is 18.1. The molecule has 0 saturated carbocycles. The van der Waals surface area contributed by atoms with Crippen LogP contribution in [0.3, 0.4) is 0 Å². The van der Waals surface area contributed by atoms with Crippen LogP contribution in [0.5, 0.6) is 0 Å². The van der Waals surface area contributed by atoms with Gasteiger partial charge in [0.25, 0.3) is 5.56 Å².